The summed E-state index contributed by atoms with van der Waals surface area (Å²) in [5.74, 6) is 1.61. The highest BCUT2D eigenvalue weighted by molar-refractivity contribution is 7.97. The summed E-state index contributed by atoms with van der Waals surface area (Å²) in [4.78, 5) is 7.18. The number of methoxy groups -OCH3 is 1. The first-order valence-electron chi connectivity index (χ1n) is 7.04. The van der Waals surface area contributed by atoms with Gasteiger partial charge in [0, 0.05) is 30.8 Å². The predicted molar refractivity (Wildman–Crippen MR) is 75.1 cm³/mol. The lowest BCUT2D eigenvalue weighted by Crippen LogP contribution is -2.55. The maximum absolute atomic E-state index is 5.22. The van der Waals surface area contributed by atoms with Gasteiger partial charge in [-0.25, -0.2) is 9.29 Å². The van der Waals surface area contributed by atoms with Gasteiger partial charge in [0.2, 0.25) is 5.88 Å². The Balaban J connectivity index is 1.53. The van der Waals surface area contributed by atoms with Crippen LogP contribution in [0, 0.1) is 5.92 Å². The van der Waals surface area contributed by atoms with E-state index in [0.29, 0.717) is 6.04 Å². The molecule has 0 amide bonds. The smallest absolute Gasteiger partial charge is 0.214 e. The number of aromatic nitrogens is 1. The van der Waals surface area contributed by atoms with Crippen LogP contribution < -0.4 is 4.74 Å². The molecule has 19 heavy (non-hydrogen) atoms. The van der Waals surface area contributed by atoms with Crippen LogP contribution in [0.5, 0.6) is 5.88 Å². The summed E-state index contributed by atoms with van der Waals surface area (Å²) in [6.07, 6.45) is 2.74. The molecule has 1 aromatic heterocycles. The maximum Gasteiger partial charge on any atom is 0.214 e. The number of rotatable bonds is 2. The summed E-state index contributed by atoms with van der Waals surface area (Å²) in [5, 5.41) is 1.13. The molecule has 5 heterocycles. The molecule has 4 aliphatic heterocycles. The van der Waals surface area contributed by atoms with Crippen LogP contribution in [0.15, 0.2) is 17.2 Å². The fourth-order valence-electron chi connectivity index (χ4n) is 3.52. The van der Waals surface area contributed by atoms with Crippen LogP contribution in [0.4, 0.5) is 0 Å². The third kappa shape index (κ3) is 2.04. The lowest BCUT2D eigenvalue weighted by atomic mass is 9.84. The fourth-order valence-corrected chi connectivity index (χ4v) is 4.70. The molecule has 0 saturated carbocycles. The van der Waals surface area contributed by atoms with E-state index in [2.05, 4.69) is 20.3 Å². The van der Waals surface area contributed by atoms with Crippen LogP contribution in [0.25, 0.3) is 0 Å². The molecule has 0 N–H and O–H groups in total. The number of piperidine rings is 3. The molecule has 3 fully saturated rings. The highest BCUT2D eigenvalue weighted by atomic mass is 32.2. The molecule has 0 spiro atoms. The van der Waals surface area contributed by atoms with E-state index in [1.165, 1.54) is 38.0 Å². The van der Waals surface area contributed by atoms with Crippen molar-refractivity contribution < 1.29 is 4.74 Å². The molecule has 4 nitrogen and oxygen atoms in total. The Labute approximate surface area is 118 Å². The Bertz CT molecular complexity index is 488. The van der Waals surface area contributed by atoms with Gasteiger partial charge in [-0.1, -0.05) is 0 Å². The van der Waals surface area contributed by atoms with E-state index in [1.54, 1.807) is 7.11 Å². The zero-order valence-corrected chi connectivity index (χ0v) is 12.0. The van der Waals surface area contributed by atoms with Gasteiger partial charge in [-0.2, -0.15) is 0 Å². The van der Waals surface area contributed by atoms with E-state index in [1.807, 2.05) is 18.0 Å². The van der Waals surface area contributed by atoms with E-state index in [9.17, 15) is 0 Å². The first kappa shape index (κ1) is 12.0. The Morgan fingerprint density at radius 2 is 2.16 bits per heavy atom. The van der Waals surface area contributed by atoms with Gasteiger partial charge in [0.05, 0.1) is 7.11 Å². The molecular formula is C14H19N3OS. The minimum atomic E-state index is 0.702. The van der Waals surface area contributed by atoms with Crippen molar-refractivity contribution in [3.63, 3.8) is 0 Å². The zero-order chi connectivity index (χ0) is 12.8. The number of ether oxygens (including phenoxy) is 1. The number of hydrogen-bond acceptors (Lipinski definition) is 5. The number of hydrogen-bond donors (Lipinski definition) is 0. The van der Waals surface area contributed by atoms with Crippen LogP contribution in [-0.4, -0.2) is 47.0 Å². The van der Waals surface area contributed by atoms with Crippen molar-refractivity contribution >= 4 is 11.9 Å². The zero-order valence-electron chi connectivity index (χ0n) is 11.2. The van der Waals surface area contributed by atoms with E-state index >= 15 is 0 Å². The summed E-state index contributed by atoms with van der Waals surface area (Å²) in [6, 6.07) is 4.84. The van der Waals surface area contributed by atoms with E-state index in [-0.39, 0.29) is 0 Å². The highest BCUT2D eigenvalue weighted by Gasteiger charge is 2.40. The van der Waals surface area contributed by atoms with Gasteiger partial charge in [0.1, 0.15) is 5.03 Å². The first-order chi connectivity index (χ1) is 9.33. The van der Waals surface area contributed by atoms with Crippen molar-refractivity contribution in [3.05, 3.63) is 17.7 Å². The normalized spacial score (nSPS) is 33.4. The van der Waals surface area contributed by atoms with Crippen molar-refractivity contribution in [1.29, 1.82) is 0 Å². The molecule has 1 aromatic rings. The fraction of sp³-hybridized carbons (Fsp3) is 0.643. The summed E-state index contributed by atoms with van der Waals surface area (Å²) < 4.78 is 7.77. The van der Waals surface area contributed by atoms with Crippen molar-refractivity contribution in [2.24, 2.45) is 5.92 Å². The average molecular weight is 277 g/mol. The molecule has 4 aliphatic rings. The van der Waals surface area contributed by atoms with Crippen LogP contribution >= 0.6 is 11.9 Å². The number of pyridine rings is 1. The van der Waals surface area contributed by atoms with Crippen molar-refractivity contribution in [3.8, 4) is 5.88 Å². The summed E-state index contributed by atoms with van der Waals surface area (Å²) >= 11 is 1.83. The van der Waals surface area contributed by atoms with Crippen LogP contribution in [-0.2, 0) is 6.54 Å². The Morgan fingerprint density at radius 1 is 1.32 bits per heavy atom. The van der Waals surface area contributed by atoms with Gasteiger partial charge in [-0.3, -0.25) is 0 Å². The summed E-state index contributed by atoms with van der Waals surface area (Å²) in [6.45, 7) is 4.88. The molecule has 0 aromatic carbocycles. The number of fused-ring (bicyclic) bond motifs is 4. The minimum absolute atomic E-state index is 0.702. The Kier molecular flexibility index (Phi) is 2.94. The predicted octanol–water partition coefficient (Wildman–Crippen LogP) is 2.01. The molecule has 1 atom stereocenters. The van der Waals surface area contributed by atoms with Gasteiger partial charge in [0.25, 0.3) is 0 Å². The Morgan fingerprint density at radius 3 is 2.84 bits per heavy atom. The standard InChI is InChI=1S/C14H19N3OS/c1-18-13-3-2-11-8-17(19-14(11)15-13)12-9-16-6-4-10(12)5-7-16/h2-3,10,12H,4-9H2,1H3/t12-/m1/s1. The van der Waals surface area contributed by atoms with Crippen molar-refractivity contribution in [2.75, 3.05) is 26.7 Å². The summed E-state index contributed by atoms with van der Waals surface area (Å²) in [7, 11) is 1.68. The quantitative estimate of drug-likeness (QED) is 0.771. The van der Waals surface area contributed by atoms with E-state index in [0.717, 1.165) is 23.4 Å². The van der Waals surface area contributed by atoms with E-state index in [4.69, 9.17) is 4.74 Å². The van der Waals surface area contributed by atoms with Crippen LogP contribution in [0.2, 0.25) is 0 Å². The van der Waals surface area contributed by atoms with Gasteiger partial charge >= 0.3 is 0 Å². The van der Waals surface area contributed by atoms with E-state index < -0.39 is 0 Å². The lowest BCUT2D eigenvalue weighted by Gasteiger charge is -2.47. The van der Waals surface area contributed by atoms with Crippen LogP contribution in [0.1, 0.15) is 18.4 Å². The minimum Gasteiger partial charge on any atom is -0.481 e. The molecule has 3 saturated heterocycles. The molecule has 0 aliphatic carbocycles. The van der Waals surface area contributed by atoms with Gasteiger partial charge in [-0.05, 0) is 49.9 Å². The Hall–Kier alpha value is -0.780. The molecular weight excluding hydrogens is 258 g/mol. The topological polar surface area (TPSA) is 28.6 Å². The average Bonchev–Trinajstić information content (AvgIpc) is 2.91. The molecule has 5 rings (SSSR count). The highest BCUT2D eigenvalue weighted by Crippen LogP contribution is 2.42. The van der Waals surface area contributed by atoms with Gasteiger partial charge in [-0.15, -0.1) is 0 Å². The molecule has 0 unspecified atom stereocenters. The number of nitrogens with zero attached hydrogens (tertiary/aromatic N) is 3. The van der Waals surface area contributed by atoms with Gasteiger partial charge < -0.3 is 9.64 Å². The second-order valence-electron chi connectivity index (χ2n) is 5.69. The maximum atomic E-state index is 5.22. The van der Waals surface area contributed by atoms with Crippen molar-refractivity contribution in [1.82, 2.24) is 14.2 Å². The second kappa shape index (κ2) is 4.65. The molecule has 5 heteroatoms. The largest absolute Gasteiger partial charge is 0.481 e. The third-order valence-corrected chi connectivity index (χ3v) is 5.80. The molecule has 0 radical (unpaired) electrons. The molecule has 102 valence electrons. The van der Waals surface area contributed by atoms with Gasteiger partial charge in [0.15, 0.2) is 0 Å². The second-order valence-corrected chi connectivity index (χ2v) is 6.73. The summed E-state index contributed by atoms with van der Waals surface area (Å²) in [5.41, 5.74) is 1.35. The monoisotopic (exact) mass is 277 g/mol. The lowest BCUT2D eigenvalue weighted by molar-refractivity contribution is 0.0420. The molecule has 2 bridgehead atoms. The van der Waals surface area contributed by atoms with Crippen LogP contribution in [0.3, 0.4) is 0 Å². The first-order valence-corrected chi connectivity index (χ1v) is 7.82. The third-order valence-electron chi connectivity index (χ3n) is 4.64. The SMILES string of the molecule is COc1ccc2c(n1)SN([C@@H]1CN3CCC1CC3)C2. The van der Waals surface area contributed by atoms with Crippen molar-refractivity contribution in [2.45, 2.75) is 30.5 Å².